The molecule has 0 bridgehead atoms. The van der Waals surface area contributed by atoms with Crippen molar-refractivity contribution >= 4 is 26.8 Å². The van der Waals surface area contributed by atoms with Crippen LogP contribution in [0.15, 0.2) is 41.3 Å². The molecule has 0 spiro atoms. The van der Waals surface area contributed by atoms with E-state index in [0.717, 1.165) is 40.1 Å². The second-order valence-electron chi connectivity index (χ2n) is 7.66. The van der Waals surface area contributed by atoms with Crippen LogP contribution in [-0.2, 0) is 14.8 Å². The zero-order valence-electron chi connectivity index (χ0n) is 15.7. The van der Waals surface area contributed by atoms with E-state index in [-0.39, 0.29) is 17.5 Å². The first-order valence-electron chi connectivity index (χ1n) is 9.90. The number of rotatable bonds is 5. The van der Waals surface area contributed by atoms with E-state index >= 15 is 0 Å². The van der Waals surface area contributed by atoms with Crippen molar-refractivity contribution in [1.82, 2.24) is 4.31 Å². The lowest BCUT2D eigenvalue weighted by atomic mass is 10.1. The molecule has 0 radical (unpaired) electrons. The lowest BCUT2D eigenvalue weighted by Crippen LogP contribution is -2.47. The molecule has 4 rings (SSSR count). The van der Waals surface area contributed by atoms with Gasteiger partial charge in [-0.15, -0.1) is 0 Å². The highest BCUT2D eigenvalue weighted by atomic mass is 32.2. The smallest absolute Gasteiger partial charge is 0.322 e. The average molecular weight is 404 g/mol. The lowest BCUT2D eigenvalue weighted by Gasteiger charge is -2.31. The number of sulfonamides is 1. The summed E-state index contributed by atoms with van der Waals surface area (Å²) in [6, 6.07) is 9.63. The molecule has 1 aliphatic heterocycles. The van der Waals surface area contributed by atoms with Crippen LogP contribution < -0.4 is 4.74 Å². The van der Waals surface area contributed by atoms with E-state index in [9.17, 15) is 18.3 Å². The molecule has 2 fully saturated rings. The standard InChI is InChI=1S/C21H25NO5S/c23-21(24)20-7-3-4-12-22(20)28(25,26)19-11-9-15-13-18(10-8-16(15)14-19)27-17-5-1-2-6-17/h8-11,13-14,17,20H,1-7,12H2,(H,23,24)/t20-/m0/s1. The molecule has 2 aromatic rings. The minimum absolute atomic E-state index is 0.137. The zero-order valence-corrected chi connectivity index (χ0v) is 16.5. The minimum atomic E-state index is -3.86. The molecule has 1 N–H and O–H groups in total. The van der Waals surface area contributed by atoms with Crippen molar-refractivity contribution in [1.29, 1.82) is 0 Å². The van der Waals surface area contributed by atoms with Crippen molar-refractivity contribution in [3.8, 4) is 5.75 Å². The van der Waals surface area contributed by atoms with Crippen LogP contribution in [0.2, 0.25) is 0 Å². The number of aliphatic carboxylic acids is 1. The molecule has 6 nitrogen and oxygen atoms in total. The van der Waals surface area contributed by atoms with Crippen molar-refractivity contribution in [3.63, 3.8) is 0 Å². The van der Waals surface area contributed by atoms with Gasteiger partial charge >= 0.3 is 5.97 Å². The number of fused-ring (bicyclic) bond motifs is 1. The molecule has 1 saturated heterocycles. The summed E-state index contributed by atoms with van der Waals surface area (Å²) in [4.78, 5) is 11.7. The molecule has 0 aromatic heterocycles. The normalized spacial score (nSPS) is 21.8. The van der Waals surface area contributed by atoms with Crippen molar-refractivity contribution in [3.05, 3.63) is 36.4 Å². The summed E-state index contributed by atoms with van der Waals surface area (Å²) < 4.78 is 33.3. The van der Waals surface area contributed by atoms with Gasteiger partial charge in [0, 0.05) is 6.54 Å². The number of benzene rings is 2. The number of hydrogen-bond donors (Lipinski definition) is 1. The minimum Gasteiger partial charge on any atom is -0.490 e. The molecule has 150 valence electrons. The van der Waals surface area contributed by atoms with Gasteiger partial charge in [-0.2, -0.15) is 4.31 Å². The lowest BCUT2D eigenvalue weighted by molar-refractivity contribution is -0.142. The Labute approximate surface area is 165 Å². The monoisotopic (exact) mass is 403 g/mol. The molecule has 0 amide bonds. The zero-order chi connectivity index (χ0) is 19.7. The van der Waals surface area contributed by atoms with Gasteiger partial charge in [0.1, 0.15) is 11.8 Å². The van der Waals surface area contributed by atoms with Crippen LogP contribution in [0.4, 0.5) is 0 Å². The third-order valence-electron chi connectivity index (χ3n) is 5.73. The van der Waals surface area contributed by atoms with Crippen LogP contribution in [0, 0.1) is 0 Å². The SMILES string of the molecule is O=C(O)[C@@H]1CCCCN1S(=O)(=O)c1ccc2cc(OC3CCCC3)ccc2c1. The fourth-order valence-electron chi connectivity index (χ4n) is 4.21. The first-order chi connectivity index (χ1) is 13.4. The molecule has 2 aromatic carbocycles. The number of ether oxygens (including phenoxy) is 1. The van der Waals surface area contributed by atoms with Gasteiger partial charge in [-0.05, 0) is 80.0 Å². The maximum atomic E-state index is 13.1. The highest BCUT2D eigenvalue weighted by molar-refractivity contribution is 7.89. The van der Waals surface area contributed by atoms with Crippen LogP contribution in [0.5, 0.6) is 5.75 Å². The Hall–Kier alpha value is -2.12. The molecule has 1 aliphatic carbocycles. The predicted octanol–water partition coefficient (Wildman–Crippen LogP) is 3.79. The van der Waals surface area contributed by atoms with Crippen LogP contribution in [0.25, 0.3) is 10.8 Å². The van der Waals surface area contributed by atoms with Crippen LogP contribution in [0.3, 0.4) is 0 Å². The Kier molecular flexibility index (Phi) is 5.29. The summed E-state index contributed by atoms with van der Waals surface area (Å²) in [5.41, 5.74) is 0. The average Bonchev–Trinajstić information content (AvgIpc) is 3.20. The van der Waals surface area contributed by atoms with Crippen molar-refractivity contribution in [2.45, 2.75) is 62.0 Å². The molecular formula is C21H25NO5S. The fourth-order valence-corrected chi connectivity index (χ4v) is 5.90. The van der Waals surface area contributed by atoms with E-state index in [4.69, 9.17) is 4.74 Å². The Balaban J connectivity index is 1.62. The topological polar surface area (TPSA) is 83.9 Å². The molecule has 2 aliphatic rings. The molecule has 7 heteroatoms. The summed E-state index contributed by atoms with van der Waals surface area (Å²) in [7, 11) is -3.86. The summed E-state index contributed by atoms with van der Waals surface area (Å²) in [6.45, 7) is 0.242. The first kappa shape index (κ1) is 19.2. The quantitative estimate of drug-likeness (QED) is 0.821. The van der Waals surface area contributed by atoms with Gasteiger partial charge in [-0.1, -0.05) is 12.1 Å². The predicted molar refractivity (Wildman–Crippen MR) is 106 cm³/mol. The highest BCUT2D eigenvalue weighted by Crippen LogP contribution is 2.30. The summed E-state index contributed by atoms with van der Waals surface area (Å²) in [5, 5.41) is 11.1. The maximum absolute atomic E-state index is 13.1. The first-order valence-corrected chi connectivity index (χ1v) is 11.3. The van der Waals surface area contributed by atoms with Crippen molar-refractivity contribution < 1.29 is 23.1 Å². The van der Waals surface area contributed by atoms with Gasteiger partial charge in [0.25, 0.3) is 0 Å². The van der Waals surface area contributed by atoms with E-state index in [1.54, 1.807) is 18.2 Å². The fraction of sp³-hybridized carbons (Fsp3) is 0.476. The Morgan fingerprint density at radius 3 is 2.39 bits per heavy atom. The molecule has 1 heterocycles. The van der Waals surface area contributed by atoms with E-state index in [0.29, 0.717) is 12.8 Å². The summed E-state index contributed by atoms with van der Waals surface area (Å²) in [6.07, 6.45) is 6.59. The van der Waals surface area contributed by atoms with Gasteiger partial charge in [0.2, 0.25) is 10.0 Å². The number of piperidine rings is 1. The largest absolute Gasteiger partial charge is 0.490 e. The summed E-state index contributed by atoms with van der Waals surface area (Å²) >= 11 is 0. The Morgan fingerprint density at radius 2 is 1.64 bits per heavy atom. The van der Waals surface area contributed by atoms with Gasteiger partial charge in [0.05, 0.1) is 11.0 Å². The molecule has 1 atom stereocenters. The van der Waals surface area contributed by atoms with E-state index < -0.39 is 22.0 Å². The van der Waals surface area contributed by atoms with Crippen LogP contribution >= 0.6 is 0 Å². The maximum Gasteiger partial charge on any atom is 0.322 e. The molecule has 1 saturated carbocycles. The van der Waals surface area contributed by atoms with E-state index in [1.807, 2.05) is 18.2 Å². The highest BCUT2D eigenvalue weighted by Gasteiger charge is 2.37. The van der Waals surface area contributed by atoms with Crippen molar-refractivity contribution in [2.24, 2.45) is 0 Å². The van der Waals surface area contributed by atoms with Gasteiger partial charge in [0.15, 0.2) is 0 Å². The van der Waals surface area contributed by atoms with Gasteiger partial charge in [-0.3, -0.25) is 4.79 Å². The molecule has 28 heavy (non-hydrogen) atoms. The number of nitrogens with zero attached hydrogens (tertiary/aromatic N) is 1. The third kappa shape index (κ3) is 3.73. The number of carboxylic acids is 1. The van der Waals surface area contributed by atoms with Gasteiger partial charge in [-0.25, -0.2) is 8.42 Å². The van der Waals surface area contributed by atoms with E-state index in [2.05, 4.69) is 0 Å². The van der Waals surface area contributed by atoms with E-state index in [1.165, 1.54) is 12.8 Å². The Morgan fingerprint density at radius 1 is 0.964 bits per heavy atom. The molecule has 0 unspecified atom stereocenters. The van der Waals surface area contributed by atoms with Crippen LogP contribution in [0.1, 0.15) is 44.9 Å². The number of carbonyl (C=O) groups is 1. The number of hydrogen-bond acceptors (Lipinski definition) is 4. The van der Waals surface area contributed by atoms with Crippen LogP contribution in [-0.4, -0.2) is 42.5 Å². The third-order valence-corrected chi connectivity index (χ3v) is 7.64. The Bertz CT molecular complexity index is 981. The molecular weight excluding hydrogens is 378 g/mol. The van der Waals surface area contributed by atoms with Gasteiger partial charge < -0.3 is 9.84 Å². The van der Waals surface area contributed by atoms with Crippen molar-refractivity contribution in [2.75, 3.05) is 6.54 Å². The summed E-state index contributed by atoms with van der Waals surface area (Å²) in [5.74, 6) is -0.283. The second kappa shape index (κ2) is 7.72. The second-order valence-corrected chi connectivity index (χ2v) is 9.55. The number of carboxylic acid groups (broad SMARTS) is 1.